The molecule has 186 valence electrons. The summed E-state index contributed by atoms with van der Waals surface area (Å²) < 4.78 is 21.3. The normalized spacial score (nSPS) is 13.1. The summed E-state index contributed by atoms with van der Waals surface area (Å²) in [7, 11) is 0. The molecule has 1 fully saturated rings. The lowest BCUT2D eigenvalue weighted by Crippen LogP contribution is -2.06. The van der Waals surface area contributed by atoms with Gasteiger partial charge in [-0.3, -0.25) is 4.79 Å². The van der Waals surface area contributed by atoms with Crippen LogP contribution in [0, 0.1) is 18.7 Å². The van der Waals surface area contributed by atoms with Gasteiger partial charge in [-0.1, -0.05) is 23.4 Å². The third-order valence-electron chi connectivity index (χ3n) is 6.28. The van der Waals surface area contributed by atoms with E-state index in [0.717, 1.165) is 29.5 Å². The number of hydrogen-bond donors (Lipinski definition) is 2. The number of ether oxygens (including phenoxy) is 1. The molecule has 2 N–H and O–H groups in total. The number of Topliss-reactive ketones (excluding diaryl/α,β-unsaturated/α-hetero) is 1. The summed E-state index contributed by atoms with van der Waals surface area (Å²) >= 11 is 0. The van der Waals surface area contributed by atoms with E-state index in [0.29, 0.717) is 40.9 Å². The Balaban J connectivity index is 1.38. The monoisotopic (exact) mass is 498 g/mol. The number of fused-ring (bicyclic) bond motifs is 1. The fourth-order valence-corrected chi connectivity index (χ4v) is 4.24. The molecule has 3 aromatic heterocycles. The van der Waals surface area contributed by atoms with Crippen LogP contribution in [0.4, 0.5) is 10.1 Å². The minimum absolute atomic E-state index is 0.182. The predicted octanol–water partition coefficient (Wildman–Crippen LogP) is 4.74. The topological polar surface area (TPSA) is 123 Å². The highest BCUT2D eigenvalue weighted by molar-refractivity contribution is 5.98. The molecule has 0 aliphatic heterocycles. The van der Waals surface area contributed by atoms with Crippen molar-refractivity contribution in [2.75, 3.05) is 5.32 Å². The van der Waals surface area contributed by atoms with Gasteiger partial charge < -0.3 is 10.1 Å². The summed E-state index contributed by atoms with van der Waals surface area (Å²) in [6, 6.07) is 13.3. The molecule has 1 aliphatic carbocycles. The first kappa shape index (κ1) is 22.8. The van der Waals surface area contributed by atoms with Crippen LogP contribution in [0.2, 0.25) is 0 Å². The first-order valence-corrected chi connectivity index (χ1v) is 12.0. The molecule has 0 radical (unpaired) electrons. The van der Waals surface area contributed by atoms with Gasteiger partial charge in [0, 0.05) is 29.7 Å². The van der Waals surface area contributed by atoms with Crippen LogP contribution >= 0.6 is 0 Å². The number of imidazole rings is 1. The molecule has 0 spiro atoms. The number of rotatable bonds is 9. The molecular weight excluding hydrogens is 475 g/mol. The van der Waals surface area contributed by atoms with Gasteiger partial charge in [0.05, 0.1) is 24.1 Å². The number of tetrazole rings is 1. The van der Waals surface area contributed by atoms with Crippen LogP contribution in [0.1, 0.15) is 41.0 Å². The number of carbonyl (C=O) groups is 1. The molecule has 1 saturated carbocycles. The average molecular weight is 499 g/mol. The number of H-pyrrole nitrogens is 1. The number of anilines is 1. The third-order valence-corrected chi connectivity index (χ3v) is 6.28. The molecule has 10 nitrogen and oxygen atoms in total. The van der Waals surface area contributed by atoms with E-state index in [4.69, 9.17) is 4.74 Å². The summed E-state index contributed by atoms with van der Waals surface area (Å²) in [6.45, 7) is 2.23. The molecule has 37 heavy (non-hydrogen) atoms. The maximum Gasteiger partial charge on any atom is 0.239 e. The summed E-state index contributed by atoms with van der Waals surface area (Å²) in [5.41, 5.74) is 4.39. The minimum atomic E-state index is -0.413. The lowest BCUT2D eigenvalue weighted by atomic mass is 9.98. The Morgan fingerprint density at radius 3 is 2.86 bits per heavy atom. The summed E-state index contributed by atoms with van der Waals surface area (Å²) in [5.74, 6) is 1.32. The van der Waals surface area contributed by atoms with Crippen molar-refractivity contribution in [2.24, 2.45) is 5.92 Å². The molecule has 0 saturated heterocycles. The Morgan fingerprint density at radius 2 is 2.11 bits per heavy atom. The van der Waals surface area contributed by atoms with E-state index in [1.165, 1.54) is 12.1 Å². The number of benzene rings is 2. The summed E-state index contributed by atoms with van der Waals surface area (Å²) in [6.07, 6.45) is 4.60. The molecule has 11 heteroatoms. The van der Waals surface area contributed by atoms with E-state index in [1.54, 1.807) is 28.9 Å². The number of aryl methyl sites for hydroxylation is 1. The fraction of sp³-hybridized carbons (Fsp3) is 0.231. The van der Waals surface area contributed by atoms with Crippen LogP contribution < -0.4 is 10.1 Å². The molecule has 0 amide bonds. The number of hydrogen-bond acceptors (Lipinski definition) is 8. The van der Waals surface area contributed by atoms with E-state index in [1.807, 2.05) is 25.1 Å². The Labute approximate surface area is 210 Å². The van der Waals surface area contributed by atoms with Crippen LogP contribution in [0.5, 0.6) is 11.6 Å². The lowest BCUT2D eigenvalue weighted by molar-refractivity contribution is 0.0975. The Morgan fingerprint density at radius 1 is 1.22 bits per heavy atom. The SMILES string of the molecule is Cc1cc(-c2cnc3c(NCc4nn[nH]n4)cc(Oc4cccc(F)c4)nn23)ccc1C(=O)CC1CC1. The molecule has 3 heterocycles. The summed E-state index contributed by atoms with van der Waals surface area (Å²) in [5, 5.41) is 21.8. The van der Waals surface area contributed by atoms with Gasteiger partial charge in [-0.25, -0.2) is 13.9 Å². The molecule has 6 rings (SSSR count). The van der Waals surface area contributed by atoms with Crippen molar-refractivity contribution in [1.29, 1.82) is 0 Å². The Hall–Kier alpha value is -4.67. The first-order chi connectivity index (χ1) is 18.0. The second-order valence-corrected chi connectivity index (χ2v) is 9.12. The Kier molecular flexibility index (Phi) is 5.79. The van der Waals surface area contributed by atoms with Crippen molar-refractivity contribution >= 4 is 17.1 Å². The van der Waals surface area contributed by atoms with Crippen molar-refractivity contribution in [3.05, 3.63) is 77.5 Å². The number of aromatic amines is 1. The molecule has 1 aliphatic rings. The van der Waals surface area contributed by atoms with E-state index >= 15 is 0 Å². The zero-order valence-electron chi connectivity index (χ0n) is 20.0. The number of nitrogens with zero attached hydrogens (tertiary/aromatic N) is 6. The largest absolute Gasteiger partial charge is 0.437 e. The van der Waals surface area contributed by atoms with Crippen LogP contribution in [0.25, 0.3) is 16.9 Å². The van der Waals surface area contributed by atoms with Crippen LogP contribution in [0.15, 0.2) is 54.7 Å². The molecular formula is C26H23FN8O2. The maximum atomic E-state index is 13.7. The van der Waals surface area contributed by atoms with Gasteiger partial charge in [0.15, 0.2) is 17.3 Å². The van der Waals surface area contributed by atoms with Crippen molar-refractivity contribution in [3.8, 4) is 22.9 Å². The van der Waals surface area contributed by atoms with Crippen molar-refractivity contribution < 1.29 is 13.9 Å². The van der Waals surface area contributed by atoms with Gasteiger partial charge in [0.2, 0.25) is 5.88 Å². The van der Waals surface area contributed by atoms with Crippen LogP contribution in [-0.4, -0.2) is 41.0 Å². The summed E-state index contributed by atoms with van der Waals surface area (Å²) in [4.78, 5) is 17.3. The van der Waals surface area contributed by atoms with Crippen LogP contribution in [-0.2, 0) is 6.54 Å². The van der Waals surface area contributed by atoms with E-state index < -0.39 is 5.82 Å². The first-order valence-electron chi connectivity index (χ1n) is 12.0. The van der Waals surface area contributed by atoms with Gasteiger partial charge in [-0.2, -0.15) is 5.21 Å². The number of nitrogens with one attached hydrogen (secondary N) is 2. The van der Waals surface area contributed by atoms with Gasteiger partial charge in [0.1, 0.15) is 11.6 Å². The molecule has 0 unspecified atom stereocenters. The molecule has 0 atom stereocenters. The Bertz CT molecular complexity index is 1590. The average Bonchev–Trinajstić information content (AvgIpc) is 3.35. The molecule has 5 aromatic rings. The highest BCUT2D eigenvalue weighted by atomic mass is 19.1. The smallest absolute Gasteiger partial charge is 0.239 e. The number of halogens is 1. The van der Waals surface area contributed by atoms with Gasteiger partial charge >= 0.3 is 0 Å². The van der Waals surface area contributed by atoms with Gasteiger partial charge in [0.25, 0.3) is 0 Å². The second-order valence-electron chi connectivity index (χ2n) is 9.12. The second kappa shape index (κ2) is 9.41. The van der Waals surface area contributed by atoms with E-state index in [-0.39, 0.29) is 18.2 Å². The quantitative estimate of drug-likeness (QED) is 0.279. The highest BCUT2D eigenvalue weighted by Crippen LogP contribution is 2.35. The van der Waals surface area contributed by atoms with Gasteiger partial charge in [-0.05, 0) is 49.4 Å². The van der Waals surface area contributed by atoms with Crippen molar-refractivity contribution in [3.63, 3.8) is 0 Å². The zero-order chi connectivity index (χ0) is 25.4. The number of aromatic nitrogens is 7. The van der Waals surface area contributed by atoms with E-state index in [9.17, 15) is 9.18 Å². The highest BCUT2D eigenvalue weighted by Gasteiger charge is 2.25. The zero-order valence-corrected chi connectivity index (χ0v) is 20.0. The van der Waals surface area contributed by atoms with Crippen LogP contribution in [0.3, 0.4) is 0 Å². The van der Waals surface area contributed by atoms with Gasteiger partial charge in [-0.15, -0.1) is 15.3 Å². The number of carbonyl (C=O) groups excluding carboxylic acids is 1. The minimum Gasteiger partial charge on any atom is -0.437 e. The third kappa shape index (κ3) is 4.88. The van der Waals surface area contributed by atoms with E-state index in [2.05, 4.69) is 36.0 Å². The number of ketones is 1. The predicted molar refractivity (Wildman–Crippen MR) is 133 cm³/mol. The fourth-order valence-electron chi connectivity index (χ4n) is 4.24. The van der Waals surface area contributed by atoms with Crippen molar-refractivity contribution in [2.45, 2.75) is 32.7 Å². The lowest BCUT2D eigenvalue weighted by Gasteiger charge is -2.12. The van der Waals surface area contributed by atoms with Crippen molar-refractivity contribution in [1.82, 2.24) is 35.2 Å². The molecule has 0 bridgehead atoms. The standard InChI is InChI=1S/C26H23FN8O2/c1-15-9-17(7-8-20(15)23(36)10-16-5-6-16)22-13-29-26-21(28-14-24-30-33-34-31-24)12-25(32-35(22)26)37-19-4-2-3-18(27)11-19/h2-4,7-9,11-13,16,28H,5-6,10,14H2,1H3,(H,30,31,33,34). The maximum absolute atomic E-state index is 13.7. The molecule has 2 aromatic carbocycles.